The lowest BCUT2D eigenvalue weighted by Gasteiger charge is -2.51. The first-order valence-electron chi connectivity index (χ1n) is 24.0. The summed E-state index contributed by atoms with van der Waals surface area (Å²) in [7, 11) is 0. The van der Waals surface area contributed by atoms with Crippen LogP contribution in [0.25, 0.3) is 11.1 Å². The third-order valence-corrected chi connectivity index (χ3v) is 14.7. The summed E-state index contributed by atoms with van der Waals surface area (Å²) in [6.45, 7) is 25.3. The number of morpholine rings is 1. The fourth-order valence-electron chi connectivity index (χ4n) is 11.3. The summed E-state index contributed by atoms with van der Waals surface area (Å²) < 4.78 is 5.58. The van der Waals surface area contributed by atoms with Crippen molar-refractivity contribution >= 4 is 17.5 Å². The summed E-state index contributed by atoms with van der Waals surface area (Å²) in [6.07, 6.45) is 16.7. The van der Waals surface area contributed by atoms with Crippen LogP contribution in [-0.4, -0.2) is 103 Å². The van der Waals surface area contributed by atoms with Crippen LogP contribution in [0.2, 0.25) is 0 Å². The summed E-state index contributed by atoms with van der Waals surface area (Å²) in [5, 5.41) is 3.54. The molecule has 4 unspecified atom stereocenters. The van der Waals surface area contributed by atoms with Crippen molar-refractivity contribution in [3.8, 4) is 11.1 Å². The lowest BCUT2D eigenvalue weighted by Crippen LogP contribution is -2.57. The molecule has 3 saturated heterocycles. The SMILES string of the molecule is CCN(c1cc(-c2ccc(CN3CCOCC3)cc2)cc(C(=O)NCC2C(C)CC(C)N(C3CCCCCCCCCC3)C2C)c1C)C1CCN(C(=O)C(C)(C)C)CC1. The molecule has 1 saturated carbocycles. The highest BCUT2D eigenvalue weighted by Gasteiger charge is 2.40. The van der Waals surface area contributed by atoms with Gasteiger partial charge in [-0.2, -0.15) is 0 Å². The Morgan fingerprint density at radius 2 is 1.42 bits per heavy atom. The zero-order valence-electron chi connectivity index (χ0n) is 38.5. The Morgan fingerprint density at radius 1 is 0.814 bits per heavy atom. The van der Waals surface area contributed by atoms with Crippen LogP contribution >= 0.6 is 0 Å². The van der Waals surface area contributed by atoms with E-state index in [9.17, 15) is 9.59 Å². The first-order chi connectivity index (χ1) is 28.3. The van der Waals surface area contributed by atoms with Gasteiger partial charge in [0, 0.05) is 86.6 Å². The molecule has 2 amide bonds. The number of anilines is 1. The van der Waals surface area contributed by atoms with Crippen molar-refractivity contribution in [2.75, 3.05) is 57.4 Å². The van der Waals surface area contributed by atoms with Crippen LogP contribution in [0.1, 0.15) is 153 Å². The third-order valence-electron chi connectivity index (χ3n) is 14.7. The molecule has 1 N–H and O–H groups in total. The van der Waals surface area contributed by atoms with Gasteiger partial charge < -0.3 is 19.9 Å². The molecule has 8 nitrogen and oxygen atoms in total. The molecular weight excluding hydrogens is 731 g/mol. The van der Waals surface area contributed by atoms with Crippen LogP contribution < -0.4 is 10.2 Å². The summed E-state index contributed by atoms with van der Waals surface area (Å²) in [6, 6.07) is 15.4. The van der Waals surface area contributed by atoms with E-state index in [-0.39, 0.29) is 17.2 Å². The second-order valence-corrected chi connectivity index (χ2v) is 20.0. The van der Waals surface area contributed by atoms with Gasteiger partial charge in [-0.15, -0.1) is 0 Å². The van der Waals surface area contributed by atoms with Crippen molar-refractivity contribution in [2.45, 2.75) is 170 Å². The van der Waals surface area contributed by atoms with Gasteiger partial charge in [0.15, 0.2) is 0 Å². The Balaban J connectivity index is 1.24. The number of amides is 2. The maximum Gasteiger partial charge on any atom is 0.251 e. The van der Waals surface area contributed by atoms with E-state index in [1.807, 2.05) is 20.8 Å². The molecule has 2 aromatic carbocycles. The number of carbonyl (C=O) groups is 2. The highest BCUT2D eigenvalue weighted by molar-refractivity contribution is 5.99. The number of hydrogen-bond donors (Lipinski definition) is 1. The summed E-state index contributed by atoms with van der Waals surface area (Å²) >= 11 is 0. The summed E-state index contributed by atoms with van der Waals surface area (Å²) in [5.74, 6) is 1.22. The van der Waals surface area contributed by atoms with Gasteiger partial charge >= 0.3 is 0 Å². The van der Waals surface area contributed by atoms with Crippen molar-refractivity contribution in [1.29, 1.82) is 0 Å². The molecule has 0 bridgehead atoms. The monoisotopic (exact) mass is 812 g/mol. The van der Waals surface area contributed by atoms with Gasteiger partial charge in [0.1, 0.15) is 0 Å². The van der Waals surface area contributed by atoms with Crippen molar-refractivity contribution in [3.05, 3.63) is 53.1 Å². The van der Waals surface area contributed by atoms with Crippen molar-refractivity contribution in [2.24, 2.45) is 17.3 Å². The predicted octanol–water partition coefficient (Wildman–Crippen LogP) is 10.1. The Kier molecular flexibility index (Phi) is 16.4. The molecule has 328 valence electrons. The van der Waals surface area contributed by atoms with E-state index in [0.717, 1.165) is 93.3 Å². The van der Waals surface area contributed by atoms with Crippen LogP contribution in [0.15, 0.2) is 36.4 Å². The number of ether oxygens (including phenoxy) is 1. The molecule has 1 aliphatic carbocycles. The van der Waals surface area contributed by atoms with Gasteiger partial charge in [0.2, 0.25) is 5.91 Å². The molecule has 0 aromatic heterocycles. The van der Waals surface area contributed by atoms with Gasteiger partial charge in [-0.05, 0) is 106 Å². The van der Waals surface area contributed by atoms with E-state index < -0.39 is 0 Å². The molecule has 4 atom stereocenters. The molecule has 3 heterocycles. The van der Waals surface area contributed by atoms with Gasteiger partial charge in [0.25, 0.3) is 5.91 Å². The number of hydrogen-bond acceptors (Lipinski definition) is 6. The second-order valence-electron chi connectivity index (χ2n) is 20.0. The molecule has 59 heavy (non-hydrogen) atoms. The molecule has 4 fully saturated rings. The largest absolute Gasteiger partial charge is 0.379 e. The van der Waals surface area contributed by atoms with Crippen molar-refractivity contribution < 1.29 is 14.3 Å². The molecule has 8 heteroatoms. The molecule has 2 aromatic rings. The quantitative estimate of drug-likeness (QED) is 0.258. The summed E-state index contributed by atoms with van der Waals surface area (Å²) in [4.78, 5) is 37.8. The van der Waals surface area contributed by atoms with E-state index >= 15 is 0 Å². The molecular formula is C51H81N5O3. The molecule has 0 spiro atoms. The second kappa shape index (κ2) is 21.2. The lowest BCUT2D eigenvalue weighted by atomic mass is 9.76. The van der Waals surface area contributed by atoms with Gasteiger partial charge in [0.05, 0.1) is 13.2 Å². The van der Waals surface area contributed by atoms with Gasteiger partial charge in [-0.25, -0.2) is 0 Å². The maximum absolute atomic E-state index is 14.7. The standard InChI is InChI=1S/C51H81N5O3/c1-9-55(44-24-26-54(27-25-44)50(58)51(6,7)8)48-34-43(42-22-20-41(21-23-42)36-53-28-30-59-31-29-53)33-46(39(48)4)49(57)52-35-47-37(2)32-38(3)56(40(47)5)45-18-16-14-12-10-11-13-15-17-19-45/h20-23,33-34,37-38,40,44-45,47H,9-19,24-32,35-36H2,1-8H3,(H,52,57). The summed E-state index contributed by atoms with van der Waals surface area (Å²) in [5.41, 5.74) is 6.10. The minimum absolute atomic E-state index is 0.0377. The maximum atomic E-state index is 14.7. The van der Waals surface area contributed by atoms with Crippen LogP contribution in [0.5, 0.6) is 0 Å². The van der Waals surface area contributed by atoms with Crippen LogP contribution in [0.3, 0.4) is 0 Å². The fourth-order valence-corrected chi connectivity index (χ4v) is 11.3. The Labute approximate surface area is 359 Å². The first-order valence-corrected chi connectivity index (χ1v) is 24.0. The van der Waals surface area contributed by atoms with E-state index in [1.54, 1.807) is 0 Å². The number of piperidine rings is 2. The van der Waals surface area contributed by atoms with Gasteiger partial charge in [-0.1, -0.05) is 103 Å². The Hall–Kier alpha value is -2.94. The highest BCUT2D eigenvalue weighted by Crippen LogP contribution is 2.38. The zero-order valence-corrected chi connectivity index (χ0v) is 38.5. The lowest BCUT2D eigenvalue weighted by molar-refractivity contribution is -0.140. The zero-order chi connectivity index (χ0) is 42.1. The van der Waals surface area contributed by atoms with Crippen LogP contribution in [-0.2, 0) is 16.1 Å². The topological polar surface area (TPSA) is 68.4 Å². The molecule has 0 radical (unpaired) electrons. The van der Waals surface area contributed by atoms with E-state index in [1.165, 1.54) is 76.2 Å². The minimum atomic E-state index is -0.376. The average molecular weight is 812 g/mol. The smallest absolute Gasteiger partial charge is 0.251 e. The molecule has 6 rings (SSSR count). The Bertz CT molecular complexity index is 1630. The Morgan fingerprint density at radius 3 is 2.02 bits per heavy atom. The van der Waals surface area contributed by atoms with E-state index in [0.29, 0.717) is 42.5 Å². The number of rotatable bonds is 10. The number of likely N-dealkylation sites (tertiary alicyclic amines) is 2. The van der Waals surface area contributed by atoms with Crippen LogP contribution in [0.4, 0.5) is 5.69 Å². The minimum Gasteiger partial charge on any atom is -0.379 e. The van der Waals surface area contributed by atoms with Crippen molar-refractivity contribution in [1.82, 2.24) is 20.0 Å². The normalized spacial score (nSPS) is 25.3. The van der Waals surface area contributed by atoms with Gasteiger partial charge in [-0.3, -0.25) is 19.4 Å². The average Bonchev–Trinajstić information content (AvgIpc) is 3.28. The first kappa shape index (κ1) is 45.6. The highest BCUT2D eigenvalue weighted by atomic mass is 16.5. The number of nitrogens with zero attached hydrogens (tertiary/aromatic N) is 4. The van der Waals surface area contributed by atoms with Crippen molar-refractivity contribution in [3.63, 3.8) is 0 Å². The third kappa shape index (κ3) is 11.7. The molecule has 3 aliphatic heterocycles. The van der Waals surface area contributed by atoms with E-state index in [2.05, 4.69) is 95.9 Å². The molecule has 4 aliphatic rings. The number of carbonyl (C=O) groups excluding carboxylic acids is 2. The fraction of sp³-hybridized carbons (Fsp3) is 0.725. The van der Waals surface area contributed by atoms with E-state index in [4.69, 9.17) is 4.74 Å². The predicted molar refractivity (Wildman–Crippen MR) is 245 cm³/mol. The number of nitrogens with one attached hydrogen (secondary N) is 1. The number of benzene rings is 2. The van der Waals surface area contributed by atoms with Crippen LogP contribution in [0, 0.1) is 24.2 Å².